The maximum Gasteiger partial charge on any atom is 0.311 e. The van der Waals surface area contributed by atoms with Crippen LogP contribution in [0.1, 0.15) is 30.5 Å². The fraction of sp³-hybridized carbons (Fsp3) is 0.316. The maximum absolute atomic E-state index is 11.1. The van der Waals surface area contributed by atoms with Crippen LogP contribution in [0.3, 0.4) is 0 Å². The van der Waals surface area contributed by atoms with Gasteiger partial charge in [-0.25, -0.2) is 0 Å². The summed E-state index contributed by atoms with van der Waals surface area (Å²) in [6.07, 6.45) is 1.78. The molecule has 26 heavy (non-hydrogen) atoms. The average molecular weight is 373 g/mol. The van der Waals surface area contributed by atoms with E-state index in [1.54, 1.807) is 13.0 Å². The van der Waals surface area contributed by atoms with Crippen molar-refractivity contribution in [2.75, 3.05) is 17.7 Å². The fourth-order valence-corrected chi connectivity index (χ4v) is 3.00. The van der Waals surface area contributed by atoms with Crippen molar-refractivity contribution in [1.29, 1.82) is 0 Å². The first-order chi connectivity index (χ1) is 12.4. The standard InChI is InChI=1S/C19H23N3O3S/c1-5-13-8-7-9-14(6-2)18(13)21-19(26)20-15-11-17(25-4)16(22(23)24)10-12(15)3/h7-11H,5-6H2,1-4H3,(H2,20,21,26). The van der Waals surface area contributed by atoms with Gasteiger partial charge >= 0.3 is 5.69 Å². The van der Waals surface area contributed by atoms with Gasteiger partial charge in [-0.15, -0.1) is 0 Å². The van der Waals surface area contributed by atoms with Gasteiger partial charge in [0.05, 0.1) is 12.0 Å². The van der Waals surface area contributed by atoms with Crippen molar-refractivity contribution < 1.29 is 9.66 Å². The zero-order chi connectivity index (χ0) is 19.3. The number of nitrogens with zero attached hydrogens (tertiary/aromatic N) is 1. The van der Waals surface area contributed by atoms with Crippen LogP contribution in [0.15, 0.2) is 30.3 Å². The van der Waals surface area contributed by atoms with E-state index in [0.717, 1.165) is 18.5 Å². The molecule has 0 fully saturated rings. The number of ether oxygens (including phenoxy) is 1. The number of methoxy groups -OCH3 is 1. The van der Waals surface area contributed by atoms with Crippen LogP contribution in [0, 0.1) is 17.0 Å². The van der Waals surface area contributed by atoms with Crippen molar-refractivity contribution in [1.82, 2.24) is 0 Å². The van der Waals surface area contributed by atoms with E-state index in [9.17, 15) is 10.1 Å². The molecular weight excluding hydrogens is 350 g/mol. The van der Waals surface area contributed by atoms with E-state index in [4.69, 9.17) is 17.0 Å². The van der Waals surface area contributed by atoms with Crippen LogP contribution in [-0.2, 0) is 12.8 Å². The number of hydrogen-bond acceptors (Lipinski definition) is 4. The molecule has 0 bridgehead atoms. The van der Waals surface area contributed by atoms with Crippen molar-refractivity contribution in [2.45, 2.75) is 33.6 Å². The van der Waals surface area contributed by atoms with E-state index in [-0.39, 0.29) is 11.4 Å². The highest BCUT2D eigenvalue weighted by Gasteiger charge is 2.18. The molecule has 2 rings (SSSR count). The van der Waals surface area contributed by atoms with Crippen molar-refractivity contribution >= 4 is 34.4 Å². The Labute approximate surface area is 158 Å². The van der Waals surface area contributed by atoms with Gasteiger partial charge in [0.25, 0.3) is 0 Å². The van der Waals surface area contributed by atoms with Gasteiger partial charge in [0.15, 0.2) is 10.9 Å². The predicted octanol–water partition coefficient (Wildman–Crippen LogP) is 4.85. The number of para-hydroxylation sites is 1. The number of nitro benzene ring substituents is 1. The predicted molar refractivity (Wildman–Crippen MR) is 109 cm³/mol. The summed E-state index contributed by atoms with van der Waals surface area (Å²) in [4.78, 5) is 10.7. The van der Waals surface area contributed by atoms with E-state index in [2.05, 4.69) is 36.6 Å². The Bertz CT molecular complexity index is 815. The Balaban J connectivity index is 2.28. The summed E-state index contributed by atoms with van der Waals surface area (Å²) in [5.41, 5.74) is 4.69. The molecule has 2 aromatic rings. The molecule has 2 N–H and O–H groups in total. The maximum atomic E-state index is 11.1. The van der Waals surface area contributed by atoms with Gasteiger partial charge in [0, 0.05) is 23.5 Å². The van der Waals surface area contributed by atoms with Gasteiger partial charge < -0.3 is 15.4 Å². The molecule has 0 amide bonds. The number of aryl methyl sites for hydroxylation is 3. The van der Waals surface area contributed by atoms with Crippen LogP contribution < -0.4 is 15.4 Å². The third-order valence-corrected chi connectivity index (χ3v) is 4.41. The second kappa shape index (κ2) is 8.62. The number of benzene rings is 2. The lowest BCUT2D eigenvalue weighted by atomic mass is 10.0. The molecule has 0 unspecified atom stereocenters. The molecule has 0 aliphatic rings. The molecular formula is C19H23N3O3S. The van der Waals surface area contributed by atoms with E-state index in [0.29, 0.717) is 16.4 Å². The molecule has 2 aromatic carbocycles. The van der Waals surface area contributed by atoms with E-state index < -0.39 is 4.92 Å². The normalized spacial score (nSPS) is 10.3. The summed E-state index contributed by atoms with van der Waals surface area (Å²) < 4.78 is 5.13. The summed E-state index contributed by atoms with van der Waals surface area (Å²) >= 11 is 5.46. The summed E-state index contributed by atoms with van der Waals surface area (Å²) in [6, 6.07) is 9.26. The molecule has 6 nitrogen and oxygen atoms in total. The Morgan fingerprint density at radius 2 is 1.81 bits per heavy atom. The zero-order valence-electron chi connectivity index (χ0n) is 15.4. The second-order valence-electron chi connectivity index (χ2n) is 5.83. The molecule has 0 aromatic heterocycles. The highest BCUT2D eigenvalue weighted by atomic mass is 32.1. The zero-order valence-corrected chi connectivity index (χ0v) is 16.2. The highest BCUT2D eigenvalue weighted by Crippen LogP contribution is 2.33. The van der Waals surface area contributed by atoms with Crippen LogP contribution in [0.5, 0.6) is 5.75 Å². The quantitative estimate of drug-likeness (QED) is 0.428. The summed E-state index contributed by atoms with van der Waals surface area (Å²) in [7, 11) is 1.41. The fourth-order valence-electron chi connectivity index (χ4n) is 2.78. The minimum Gasteiger partial charge on any atom is -0.490 e. The monoisotopic (exact) mass is 373 g/mol. The van der Waals surface area contributed by atoms with Gasteiger partial charge in [0.1, 0.15) is 0 Å². The first-order valence-electron chi connectivity index (χ1n) is 8.43. The summed E-state index contributed by atoms with van der Waals surface area (Å²) in [5, 5.41) is 17.9. The van der Waals surface area contributed by atoms with E-state index in [1.165, 1.54) is 24.3 Å². The van der Waals surface area contributed by atoms with Crippen LogP contribution in [-0.4, -0.2) is 17.1 Å². The van der Waals surface area contributed by atoms with Crippen LogP contribution >= 0.6 is 12.2 Å². The summed E-state index contributed by atoms with van der Waals surface area (Å²) in [5.74, 6) is 0.189. The van der Waals surface area contributed by atoms with Gasteiger partial charge in [-0.3, -0.25) is 10.1 Å². The van der Waals surface area contributed by atoms with E-state index in [1.807, 2.05) is 6.07 Å². The Morgan fingerprint density at radius 1 is 1.19 bits per heavy atom. The summed E-state index contributed by atoms with van der Waals surface area (Å²) in [6.45, 7) is 5.98. The SMILES string of the molecule is CCc1cccc(CC)c1NC(=S)Nc1cc(OC)c([N+](=O)[O-])cc1C. The average Bonchev–Trinajstić information content (AvgIpc) is 2.62. The van der Waals surface area contributed by atoms with Gasteiger partial charge in [-0.2, -0.15) is 0 Å². The van der Waals surface area contributed by atoms with E-state index >= 15 is 0 Å². The van der Waals surface area contributed by atoms with Crippen LogP contribution in [0.25, 0.3) is 0 Å². The molecule has 0 radical (unpaired) electrons. The molecule has 0 saturated heterocycles. The molecule has 0 atom stereocenters. The van der Waals surface area contributed by atoms with Crippen molar-refractivity contribution in [3.63, 3.8) is 0 Å². The number of anilines is 2. The molecule has 0 spiro atoms. The molecule has 7 heteroatoms. The smallest absolute Gasteiger partial charge is 0.311 e. The topological polar surface area (TPSA) is 76.4 Å². The second-order valence-corrected chi connectivity index (χ2v) is 6.24. The minimum atomic E-state index is -0.461. The van der Waals surface area contributed by atoms with Gasteiger partial charge in [0.2, 0.25) is 0 Å². The minimum absolute atomic E-state index is 0.0703. The number of hydrogen-bond donors (Lipinski definition) is 2. The van der Waals surface area contributed by atoms with Crippen LogP contribution in [0.2, 0.25) is 0 Å². The molecule has 0 saturated carbocycles. The number of nitro groups is 1. The van der Waals surface area contributed by atoms with Crippen molar-refractivity contribution in [2.24, 2.45) is 0 Å². The largest absolute Gasteiger partial charge is 0.490 e. The molecule has 138 valence electrons. The van der Waals surface area contributed by atoms with Crippen molar-refractivity contribution in [3.05, 3.63) is 57.1 Å². The van der Waals surface area contributed by atoms with Gasteiger partial charge in [-0.05, 0) is 48.7 Å². The number of rotatable bonds is 6. The van der Waals surface area contributed by atoms with Crippen molar-refractivity contribution in [3.8, 4) is 5.75 Å². The Hall–Kier alpha value is -2.67. The molecule has 0 aliphatic heterocycles. The first-order valence-corrected chi connectivity index (χ1v) is 8.83. The highest BCUT2D eigenvalue weighted by molar-refractivity contribution is 7.80. The Morgan fingerprint density at radius 3 is 2.31 bits per heavy atom. The van der Waals surface area contributed by atoms with Crippen LogP contribution in [0.4, 0.5) is 17.1 Å². The number of thiocarbonyl (C=S) groups is 1. The molecule has 0 aliphatic carbocycles. The third kappa shape index (κ3) is 4.29. The Kier molecular flexibility index (Phi) is 6.52. The third-order valence-electron chi connectivity index (χ3n) is 4.21. The lowest BCUT2D eigenvalue weighted by molar-refractivity contribution is -0.385. The lowest BCUT2D eigenvalue weighted by Crippen LogP contribution is -2.21. The van der Waals surface area contributed by atoms with Gasteiger partial charge in [-0.1, -0.05) is 32.0 Å². The first kappa shape index (κ1) is 19.7. The molecule has 0 heterocycles. The lowest BCUT2D eigenvalue weighted by Gasteiger charge is -2.18. The number of nitrogens with one attached hydrogen (secondary N) is 2.